The van der Waals surface area contributed by atoms with E-state index in [0.29, 0.717) is 0 Å². The number of nitrogens with zero attached hydrogens (tertiary/aromatic N) is 1. The lowest BCUT2D eigenvalue weighted by Gasteiger charge is -2.37. The first kappa shape index (κ1) is 26.1. The lowest BCUT2D eigenvalue weighted by Crippen LogP contribution is -2.48. The predicted octanol–water partition coefficient (Wildman–Crippen LogP) is 2.46. The van der Waals surface area contributed by atoms with Gasteiger partial charge in [-0.3, -0.25) is 19.1 Å². The van der Waals surface area contributed by atoms with Crippen LogP contribution in [0.4, 0.5) is 4.39 Å². The van der Waals surface area contributed by atoms with Crippen LogP contribution in [0.5, 0.6) is 0 Å². The Morgan fingerprint density at radius 1 is 1.28 bits per heavy atom. The molecule has 0 amide bonds. The number of hydrogen-bond acceptors (Lipinski definition) is 7. The van der Waals surface area contributed by atoms with E-state index < -0.39 is 49.6 Å². The van der Waals surface area contributed by atoms with Crippen molar-refractivity contribution in [1.82, 2.24) is 9.55 Å². The maximum Gasteiger partial charge on any atom is 0.330 e. The highest BCUT2D eigenvalue weighted by molar-refractivity contribution is 6.74. The summed E-state index contributed by atoms with van der Waals surface area (Å²) in [7, 11) is -2.24. The maximum absolute atomic E-state index is 16.0. The number of H-pyrrole nitrogens is 1. The van der Waals surface area contributed by atoms with E-state index in [1.54, 1.807) is 0 Å². The Hall–Kier alpha value is -2.11. The number of aromatic nitrogens is 2. The quantitative estimate of drug-likeness (QED) is 0.456. The second-order valence-corrected chi connectivity index (χ2v) is 14.7. The lowest BCUT2D eigenvalue weighted by atomic mass is 9.98. The standard InChI is InChI=1S/C21H33FN2O7Si/c1-13(25)8-9-16(27)31-17-14(12-29-32(6,7)20(2,3)4)30-18(21(17,5)22)24-11-10-15(26)23-19(24)28/h10-11,14,17-18H,8-9,12H2,1-7H3,(H,23,26,28)/t14-,17-,18-,21-/m1/s1. The van der Waals surface area contributed by atoms with Gasteiger partial charge in [0.25, 0.3) is 5.56 Å². The third-order valence-corrected chi connectivity index (χ3v) is 10.6. The van der Waals surface area contributed by atoms with Crippen molar-refractivity contribution >= 4 is 20.1 Å². The minimum absolute atomic E-state index is 0.0244. The fourth-order valence-corrected chi connectivity index (χ4v) is 4.14. The number of carbonyl (C=O) groups excluding carboxylic acids is 2. The highest BCUT2D eigenvalue weighted by Crippen LogP contribution is 2.44. The summed E-state index contributed by atoms with van der Waals surface area (Å²) in [6.45, 7) is 12.7. The summed E-state index contributed by atoms with van der Waals surface area (Å²) < 4.78 is 34.4. The van der Waals surface area contributed by atoms with E-state index in [4.69, 9.17) is 13.9 Å². The van der Waals surface area contributed by atoms with Crippen molar-refractivity contribution in [3.63, 3.8) is 0 Å². The van der Waals surface area contributed by atoms with Crippen LogP contribution in [0, 0.1) is 0 Å². The van der Waals surface area contributed by atoms with Crippen LogP contribution in [0.15, 0.2) is 21.9 Å². The molecular weight excluding hydrogens is 439 g/mol. The van der Waals surface area contributed by atoms with Crippen LogP contribution >= 0.6 is 0 Å². The van der Waals surface area contributed by atoms with Crippen LogP contribution < -0.4 is 11.2 Å². The Bertz CT molecular complexity index is 964. The van der Waals surface area contributed by atoms with E-state index in [1.165, 1.54) is 13.8 Å². The van der Waals surface area contributed by atoms with Gasteiger partial charge in [-0.25, -0.2) is 9.18 Å². The van der Waals surface area contributed by atoms with Gasteiger partial charge < -0.3 is 18.7 Å². The highest BCUT2D eigenvalue weighted by atomic mass is 28.4. The molecule has 0 spiro atoms. The van der Waals surface area contributed by atoms with Gasteiger partial charge >= 0.3 is 11.7 Å². The van der Waals surface area contributed by atoms with Gasteiger partial charge in [0.1, 0.15) is 11.9 Å². The summed E-state index contributed by atoms with van der Waals surface area (Å²) in [5.41, 5.74) is -3.79. The van der Waals surface area contributed by atoms with Gasteiger partial charge in [-0.15, -0.1) is 0 Å². The minimum atomic E-state index is -2.31. The number of hydrogen-bond donors (Lipinski definition) is 1. The zero-order valence-electron chi connectivity index (χ0n) is 19.7. The van der Waals surface area contributed by atoms with Gasteiger partial charge in [0.2, 0.25) is 0 Å². The molecule has 1 aromatic heterocycles. The molecular formula is C21H33FN2O7Si. The molecule has 0 unspecified atom stereocenters. The fourth-order valence-electron chi connectivity index (χ4n) is 3.13. The molecule has 1 aromatic rings. The largest absolute Gasteiger partial charge is 0.456 e. The maximum atomic E-state index is 16.0. The van der Waals surface area contributed by atoms with Gasteiger partial charge in [-0.2, -0.15) is 0 Å². The molecule has 11 heteroatoms. The van der Waals surface area contributed by atoms with Gasteiger partial charge in [0, 0.05) is 18.7 Å². The Morgan fingerprint density at radius 2 is 1.91 bits per heavy atom. The summed E-state index contributed by atoms with van der Waals surface area (Å²) in [5.74, 6) is -0.937. The second kappa shape index (κ2) is 9.40. The second-order valence-electron chi connectivity index (χ2n) is 9.88. The van der Waals surface area contributed by atoms with E-state index in [-0.39, 0.29) is 30.3 Å². The summed E-state index contributed by atoms with van der Waals surface area (Å²) >= 11 is 0. The number of ether oxygens (including phenoxy) is 2. The van der Waals surface area contributed by atoms with Gasteiger partial charge in [0.05, 0.1) is 13.0 Å². The van der Waals surface area contributed by atoms with Crippen LogP contribution in [-0.2, 0) is 23.5 Å². The van der Waals surface area contributed by atoms with Crippen LogP contribution in [0.3, 0.4) is 0 Å². The van der Waals surface area contributed by atoms with Crippen molar-refractivity contribution in [3.05, 3.63) is 33.1 Å². The number of nitrogens with one attached hydrogen (secondary N) is 1. The molecule has 0 bridgehead atoms. The van der Waals surface area contributed by atoms with Gasteiger partial charge in [-0.1, -0.05) is 20.8 Å². The Morgan fingerprint density at radius 3 is 2.44 bits per heavy atom. The first-order chi connectivity index (χ1) is 14.6. The van der Waals surface area contributed by atoms with Crippen molar-refractivity contribution in [2.24, 2.45) is 0 Å². The Balaban J connectivity index is 2.34. The topological polar surface area (TPSA) is 117 Å². The summed E-state index contributed by atoms with van der Waals surface area (Å²) in [6.07, 6.45) is -2.91. The smallest absolute Gasteiger partial charge is 0.330 e. The van der Waals surface area contributed by atoms with E-state index in [0.717, 1.165) is 16.8 Å². The first-order valence-electron chi connectivity index (χ1n) is 10.5. The van der Waals surface area contributed by atoms with Gasteiger partial charge in [-0.05, 0) is 32.0 Å². The van der Waals surface area contributed by atoms with Crippen LogP contribution in [0.2, 0.25) is 18.1 Å². The number of alkyl halides is 1. The molecule has 180 valence electrons. The monoisotopic (exact) mass is 472 g/mol. The molecule has 9 nitrogen and oxygen atoms in total. The molecule has 2 rings (SSSR count). The predicted molar refractivity (Wildman–Crippen MR) is 118 cm³/mol. The average molecular weight is 473 g/mol. The first-order valence-corrected chi connectivity index (χ1v) is 13.5. The number of aromatic amines is 1. The van der Waals surface area contributed by atoms with Crippen molar-refractivity contribution in [2.45, 2.75) is 89.7 Å². The molecule has 0 aliphatic carbocycles. The molecule has 1 fully saturated rings. The molecule has 1 aliphatic heterocycles. The summed E-state index contributed by atoms with van der Waals surface area (Å²) in [5, 5.41) is -0.118. The molecule has 1 aliphatic rings. The summed E-state index contributed by atoms with van der Waals surface area (Å²) in [6, 6.07) is 1.08. The average Bonchev–Trinajstić information content (AvgIpc) is 2.88. The number of halogens is 1. The SMILES string of the molecule is CC(=O)CCC(=O)O[C@@H]1[C@@H](CO[Si](C)(C)C(C)(C)C)O[C@@H](n2ccc(=O)[nH]c2=O)[C@]1(C)F. The van der Waals surface area contributed by atoms with E-state index >= 15 is 4.39 Å². The normalized spacial score (nSPS) is 26.2. The number of carbonyl (C=O) groups is 2. The molecule has 1 N–H and O–H groups in total. The Labute approximate surface area is 187 Å². The molecule has 4 atom stereocenters. The zero-order chi connectivity index (χ0) is 24.5. The molecule has 0 saturated carbocycles. The summed E-state index contributed by atoms with van der Waals surface area (Å²) in [4.78, 5) is 49.3. The van der Waals surface area contributed by atoms with Crippen molar-refractivity contribution in [2.75, 3.05) is 6.61 Å². The highest BCUT2D eigenvalue weighted by Gasteiger charge is 2.58. The van der Waals surface area contributed by atoms with E-state index in [2.05, 4.69) is 25.8 Å². The van der Waals surface area contributed by atoms with Crippen molar-refractivity contribution < 1.29 is 27.9 Å². The van der Waals surface area contributed by atoms with Crippen molar-refractivity contribution in [3.8, 4) is 0 Å². The van der Waals surface area contributed by atoms with E-state index in [9.17, 15) is 19.2 Å². The fraction of sp³-hybridized carbons (Fsp3) is 0.714. The molecule has 1 saturated heterocycles. The van der Waals surface area contributed by atoms with Crippen LogP contribution in [0.25, 0.3) is 0 Å². The molecule has 0 aromatic carbocycles. The van der Waals surface area contributed by atoms with Crippen LogP contribution in [0.1, 0.15) is 53.7 Å². The van der Waals surface area contributed by atoms with Crippen molar-refractivity contribution in [1.29, 1.82) is 0 Å². The van der Waals surface area contributed by atoms with Crippen LogP contribution in [-0.4, -0.2) is 54.1 Å². The third kappa shape index (κ3) is 5.81. The molecule has 2 heterocycles. The molecule has 0 radical (unpaired) electrons. The zero-order valence-corrected chi connectivity index (χ0v) is 20.7. The lowest BCUT2D eigenvalue weighted by molar-refractivity contribution is -0.158. The van der Waals surface area contributed by atoms with Gasteiger partial charge in [0.15, 0.2) is 26.3 Å². The Kier molecular flexibility index (Phi) is 7.68. The number of ketones is 1. The number of esters is 1. The number of rotatable bonds is 8. The van der Waals surface area contributed by atoms with E-state index in [1.807, 2.05) is 13.1 Å². The number of Topliss-reactive ketones (excluding diaryl/α,β-unsaturated/α-hetero) is 1. The minimum Gasteiger partial charge on any atom is -0.456 e. The third-order valence-electron chi connectivity index (χ3n) is 6.14. The molecule has 32 heavy (non-hydrogen) atoms.